The summed E-state index contributed by atoms with van der Waals surface area (Å²) >= 11 is 0. The molecule has 0 fully saturated rings. The van der Waals surface area contributed by atoms with Gasteiger partial charge in [-0.1, -0.05) is 30.3 Å². The molecule has 4 nitrogen and oxygen atoms in total. The Morgan fingerprint density at radius 3 is 2.71 bits per heavy atom. The third-order valence-corrected chi connectivity index (χ3v) is 3.03. The summed E-state index contributed by atoms with van der Waals surface area (Å²) in [4.78, 5) is 11.8. The van der Waals surface area contributed by atoms with Crippen molar-refractivity contribution in [2.45, 2.75) is 13.5 Å². The number of carbonyl (C=O) groups is 1. The predicted octanol–water partition coefficient (Wildman–Crippen LogP) is 2.70. The second-order valence-electron chi connectivity index (χ2n) is 4.69. The van der Waals surface area contributed by atoms with Crippen molar-refractivity contribution in [3.8, 4) is 11.5 Å². The van der Waals surface area contributed by atoms with Gasteiger partial charge < -0.3 is 14.8 Å². The SMILES string of the molecule is COc1ccccc1CNC(=O)COc1cccc(C)c1. The van der Waals surface area contributed by atoms with E-state index in [1.54, 1.807) is 7.11 Å². The Morgan fingerprint density at radius 2 is 1.95 bits per heavy atom. The lowest BCUT2D eigenvalue weighted by molar-refractivity contribution is -0.123. The summed E-state index contributed by atoms with van der Waals surface area (Å²) in [5.41, 5.74) is 2.03. The van der Waals surface area contributed by atoms with Gasteiger partial charge >= 0.3 is 0 Å². The number of para-hydroxylation sites is 1. The van der Waals surface area contributed by atoms with Gasteiger partial charge in [-0.3, -0.25) is 4.79 Å². The number of hydrogen-bond donors (Lipinski definition) is 1. The minimum absolute atomic E-state index is 0.00139. The number of methoxy groups -OCH3 is 1. The molecule has 0 bridgehead atoms. The Morgan fingerprint density at radius 1 is 1.14 bits per heavy atom. The molecular weight excluding hydrogens is 266 g/mol. The van der Waals surface area contributed by atoms with Crippen LogP contribution in [-0.4, -0.2) is 19.6 Å². The van der Waals surface area contributed by atoms with Gasteiger partial charge in [-0.15, -0.1) is 0 Å². The summed E-state index contributed by atoms with van der Waals surface area (Å²) in [5, 5.41) is 2.81. The molecule has 2 aromatic rings. The summed E-state index contributed by atoms with van der Waals surface area (Å²) in [6, 6.07) is 15.2. The van der Waals surface area contributed by atoms with Crippen LogP contribution < -0.4 is 14.8 Å². The fraction of sp³-hybridized carbons (Fsp3) is 0.235. The van der Waals surface area contributed by atoms with E-state index in [0.29, 0.717) is 12.3 Å². The van der Waals surface area contributed by atoms with Gasteiger partial charge in [0, 0.05) is 12.1 Å². The van der Waals surface area contributed by atoms with Crippen LogP contribution in [0.1, 0.15) is 11.1 Å². The van der Waals surface area contributed by atoms with Crippen molar-refractivity contribution >= 4 is 5.91 Å². The molecule has 2 rings (SSSR count). The molecule has 21 heavy (non-hydrogen) atoms. The molecule has 1 N–H and O–H groups in total. The predicted molar refractivity (Wildman–Crippen MR) is 81.5 cm³/mol. The van der Waals surface area contributed by atoms with Crippen LogP contribution in [0.25, 0.3) is 0 Å². The highest BCUT2D eigenvalue weighted by molar-refractivity contribution is 5.77. The van der Waals surface area contributed by atoms with Gasteiger partial charge in [-0.05, 0) is 30.7 Å². The molecule has 0 saturated carbocycles. The molecule has 1 amide bonds. The van der Waals surface area contributed by atoms with E-state index in [0.717, 1.165) is 16.9 Å². The van der Waals surface area contributed by atoms with E-state index in [9.17, 15) is 4.79 Å². The molecular formula is C17H19NO3. The van der Waals surface area contributed by atoms with Crippen LogP contribution >= 0.6 is 0 Å². The molecule has 0 aliphatic rings. The maximum Gasteiger partial charge on any atom is 0.258 e. The van der Waals surface area contributed by atoms with Crippen molar-refractivity contribution in [3.63, 3.8) is 0 Å². The van der Waals surface area contributed by atoms with Gasteiger partial charge in [0.2, 0.25) is 0 Å². The lowest BCUT2D eigenvalue weighted by Gasteiger charge is -2.10. The van der Waals surface area contributed by atoms with E-state index >= 15 is 0 Å². The molecule has 110 valence electrons. The van der Waals surface area contributed by atoms with E-state index in [2.05, 4.69) is 5.32 Å². The maximum atomic E-state index is 11.8. The van der Waals surface area contributed by atoms with Gasteiger partial charge in [-0.2, -0.15) is 0 Å². The normalized spacial score (nSPS) is 10.0. The Labute approximate surface area is 124 Å². The second-order valence-corrected chi connectivity index (χ2v) is 4.69. The first-order valence-corrected chi connectivity index (χ1v) is 6.77. The second kappa shape index (κ2) is 7.33. The van der Waals surface area contributed by atoms with Crippen molar-refractivity contribution < 1.29 is 14.3 Å². The van der Waals surface area contributed by atoms with Crippen molar-refractivity contribution in [1.82, 2.24) is 5.32 Å². The lowest BCUT2D eigenvalue weighted by Crippen LogP contribution is -2.28. The number of nitrogens with one attached hydrogen (secondary N) is 1. The smallest absolute Gasteiger partial charge is 0.258 e. The summed E-state index contributed by atoms with van der Waals surface area (Å²) in [6.45, 7) is 2.40. The van der Waals surface area contributed by atoms with Crippen LogP contribution in [0.5, 0.6) is 11.5 Å². The van der Waals surface area contributed by atoms with Gasteiger partial charge in [0.15, 0.2) is 6.61 Å². The molecule has 0 aliphatic heterocycles. The molecule has 0 atom stereocenters. The van der Waals surface area contributed by atoms with Crippen molar-refractivity contribution in [2.75, 3.05) is 13.7 Å². The Bertz CT molecular complexity index is 610. The average Bonchev–Trinajstić information content (AvgIpc) is 2.51. The number of aryl methyl sites for hydroxylation is 1. The lowest BCUT2D eigenvalue weighted by atomic mass is 10.2. The number of hydrogen-bond acceptors (Lipinski definition) is 3. The third-order valence-electron chi connectivity index (χ3n) is 3.03. The summed E-state index contributed by atoms with van der Waals surface area (Å²) in [5.74, 6) is 1.29. The molecule has 0 unspecified atom stereocenters. The highest BCUT2D eigenvalue weighted by atomic mass is 16.5. The highest BCUT2D eigenvalue weighted by Gasteiger charge is 2.06. The number of ether oxygens (including phenoxy) is 2. The largest absolute Gasteiger partial charge is 0.496 e. The minimum atomic E-state index is -0.164. The van der Waals surface area contributed by atoms with Gasteiger partial charge in [0.1, 0.15) is 11.5 Å². The van der Waals surface area contributed by atoms with Crippen LogP contribution in [0.3, 0.4) is 0 Å². The fourth-order valence-corrected chi connectivity index (χ4v) is 1.95. The van der Waals surface area contributed by atoms with Crippen LogP contribution in [-0.2, 0) is 11.3 Å². The first-order valence-electron chi connectivity index (χ1n) is 6.77. The maximum absolute atomic E-state index is 11.8. The van der Waals surface area contributed by atoms with Gasteiger partial charge in [-0.25, -0.2) is 0 Å². The fourth-order valence-electron chi connectivity index (χ4n) is 1.95. The monoisotopic (exact) mass is 285 g/mol. The zero-order chi connectivity index (χ0) is 15.1. The van der Waals surface area contributed by atoms with E-state index in [1.807, 2.05) is 55.5 Å². The zero-order valence-electron chi connectivity index (χ0n) is 12.3. The zero-order valence-corrected chi connectivity index (χ0v) is 12.3. The van der Waals surface area contributed by atoms with E-state index in [1.165, 1.54) is 0 Å². The van der Waals surface area contributed by atoms with Crippen molar-refractivity contribution in [1.29, 1.82) is 0 Å². The van der Waals surface area contributed by atoms with E-state index in [4.69, 9.17) is 9.47 Å². The molecule has 0 radical (unpaired) electrons. The van der Waals surface area contributed by atoms with Crippen molar-refractivity contribution in [3.05, 3.63) is 59.7 Å². The van der Waals surface area contributed by atoms with Gasteiger partial charge in [0.25, 0.3) is 5.91 Å². The average molecular weight is 285 g/mol. The van der Waals surface area contributed by atoms with E-state index < -0.39 is 0 Å². The quantitative estimate of drug-likeness (QED) is 0.887. The Balaban J connectivity index is 1.82. The summed E-state index contributed by atoms with van der Waals surface area (Å²) in [6.07, 6.45) is 0. The van der Waals surface area contributed by atoms with Crippen LogP contribution in [0.4, 0.5) is 0 Å². The van der Waals surface area contributed by atoms with E-state index in [-0.39, 0.29) is 12.5 Å². The first kappa shape index (κ1) is 14.9. The van der Waals surface area contributed by atoms with Gasteiger partial charge in [0.05, 0.1) is 7.11 Å². The molecule has 0 aliphatic carbocycles. The third kappa shape index (κ3) is 4.53. The number of carbonyl (C=O) groups excluding carboxylic acids is 1. The molecule has 4 heteroatoms. The van der Waals surface area contributed by atoms with Crippen LogP contribution in [0.15, 0.2) is 48.5 Å². The molecule has 0 heterocycles. The number of benzene rings is 2. The number of rotatable bonds is 6. The topological polar surface area (TPSA) is 47.6 Å². The van der Waals surface area contributed by atoms with Crippen molar-refractivity contribution in [2.24, 2.45) is 0 Å². The Kier molecular flexibility index (Phi) is 5.21. The summed E-state index contributed by atoms with van der Waals surface area (Å²) in [7, 11) is 1.61. The summed E-state index contributed by atoms with van der Waals surface area (Å²) < 4.78 is 10.7. The minimum Gasteiger partial charge on any atom is -0.496 e. The number of amides is 1. The molecule has 0 aromatic heterocycles. The first-order chi connectivity index (χ1) is 10.2. The van der Waals surface area contributed by atoms with Crippen LogP contribution in [0.2, 0.25) is 0 Å². The molecule has 0 spiro atoms. The highest BCUT2D eigenvalue weighted by Crippen LogP contribution is 2.16. The van der Waals surface area contributed by atoms with Crippen LogP contribution in [0, 0.1) is 6.92 Å². The molecule has 2 aromatic carbocycles. The Hall–Kier alpha value is -2.49. The molecule has 0 saturated heterocycles. The standard InChI is InChI=1S/C17H19NO3/c1-13-6-5-8-15(10-13)21-12-17(19)18-11-14-7-3-4-9-16(14)20-2/h3-10H,11-12H2,1-2H3,(H,18,19).